The quantitative estimate of drug-likeness (QED) is 0.778. The Balaban J connectivity index is 1.82. The number of ether oxygens (including phenoxy) is 1. The lowest BCUT2D eigenvalue weighted by atomic mass is 10.1. The van der Waals surface area contributed by atoms with Gasteiger partial charge in [0.25, 0.3) is 0 Å². The van der Waals surface area contributed by atoms with Gasteiger partial charge < -0.3 is 9.84 Å². The average Bonchev–Trinajstić information content (AvgIpc) is 2.59. The molecule has 0 radical (unpaired) electrons. The Kier molecular flexibility index (Phi) is 4.47. The van der Waals surface area contributed by atoms with E-state index >= 15 is 0 Å². The predicted octanol–water partition coefficient (Wildman–Crippen LogP) is 3.78. The third kappa shape index (κ3) is 3.51. The highest BCUT2D eigenvalue weighted by atomic mass is 16.5. The molecule has 0 aliphatic rings. The van der Waals surface area contributed by atoms with Crippen LogP contribution in [0.5, 0.6) is 5.75 Å². The molecular formula is C19H17NO2. The van der Waals surface area contributed by atoms with Crippen molar-refractivity contribution in [3.8, 4) is 5.75 Å². The van der Waals surface area contributed by atoms with Crippen LogP contribution in [0, 0.1) is 0 Å². The molecule has 0 fully saturated rings. The van der Waals surface area contributed by atoms with E-state index in [0.717, 1.165) is 27.6 Å². The molecule has 1 aromatic heterocycles. The summed E-state index contributed by atoms with van der Waals surface area (Å²) in [4.78, 5) is 4.01. The standard InChI is InChI=1S/C19H17NO2/c21-11-12-22-19-6-5-17-13-16(3-4-18(17)14-19)2-1-15-7-9-20-10-8-15/h1-10,13-14,21H,11-12H2/b2-1+. The van der Waals surface area contributed by atoms with Gasteiger partial charge in [-0.05, 0) is 52.2 Å². The highest BCUT2D eigenvalue weighted by Gasteiger charge is 1.98. The van der Waals surface area contributed by atoms with Crippen LogP contribution in [0.4, 0.5) is 0 Å². The van der Waals surface area contributed by atoms with E-state index in [-0.39, 0.29) is 6.61 Å². The van der Waals surface area contributed by atoms with Crippen molar-refractivity contribution in [1.82, 2.24) is 4.98 Å². The average molecular weight is 291 g/mol. The molecule has 22 heavy (non-hydrogen) atoms. The van der Waals surface area contributed by atoms with Gasteiger partial charge in [-0.15, -0.1) is 0 Å². The van der Waals surface area contributed by atoms with Gasteiger partial charge in [0, 0.05) is 12.4 Å². The lowest BCUT2D eigenvalue weighted by Crippen LogP contribution is -2.01. The minimum atomic E-state index is 0.0246. The largest absolute Gasteiger partial charge is 0.491 e. The molecule has 0 unspecified atom stereocenters. The van der Waals surface area contributed by atoms with E-state index in [0.29, 0.717) is 6.61 Å². The Labute approximate surface area is 129 Å². The molecule has 2 aromatic carbocycles. The molecule has 0 spiro atoms. The maximum atomic E-state index is 8.79. The van der Waals surface area contributed by atoms with E-state index in [1.165, 1.54) is 0 Å². The van der Waals surface area contributed by atoms with E-state index in [2.05, 4.69) is 35.3 Å². The zero-order valence-electron chi connectivity index (χ0n) is 12.1. The van der Waals surface area contributed by atoms with E-state index in [1.54, 1.807) is 12.4 Å². The van der Waals surface area contributed by atoms with Gasteiger partial charge in [-0.25, -0.2) is 0 Å². The lowest BCUT2D eigenvalue weighted by molar-refractivity contribution is 0.201. The maximum absolute atomic E-state index is 8.79. The van der Waals surface area contributed by atoms with Crippen LogP contribution in [-0.4, -0.2) is 23.3 Å². The van der Waals surface area contributed by atoms with Crippen LogP contribution < -0.4 is 4.74 Å². The molecule has 3 heteroatoms. The third-order valence-corrected chi connectivity index (χ3v) is 3.37. The summed E-state index contributed by atoms with van der Waals surface area (Å²) in [6, 6.07) is 16.2. The van der Waals surface area contributed by atoms with Crippen LogP contribution in [0.2, 0.25) is 0 Å². The number of aliphatic hydroxyl groups is 1. The number of fused-ring (bicyclic) bond motifs is 1. The Bertz CT molecular complexity index is 782. The van der Waals surface area contributed by atoms with Crippen LogP contribution in [0.1, 0.15) is 11.1 Å². The van der Waals surface area contributed by atoms with Crippen molar-refractivity contribution in [2.45, 2.75) is 0 Å². The summed E-state index contributed by atoms with van der Waals surface area (Å²) in [5, 5.41) is 11.1. The number of rotatable bonds is 5. The summed E-state index contributed by atoms with van der Waals surface area (Å²) in [6.45, 7) is 0.342. The first kappa shape index (κ1) is 14.3. The Hall–Kier alpha value is -2.65. The first-order valence-corrected chi connectivity index (χ1v) is 7.21. The fourth-order valence-electron chi connectivity index (χ4n) is 2.27. The number of hydrogen-bond donors (Lipinski definition) is 1. The van der Waals surface area contributed by atoms with E-state index in [1.807, 2.05) is 30.3 Å². The van der Waals surface area contributed by atoms with Gasteiger partial charge in [-0.1, -0.05) is 30.4 Å². The Morgan fingerprint density at radius 1 is 0.864 bits per heavy atom. The minimum Gasteiger partial charge on any atom is -0.491 e. The molecule has 0 saturated carbocycles. The van der Waals surface area contributed by atoms with Crippen molar-refractivity contribution in [2.24, 2.45) is 0 Å². The van der Waals surface area contributed by atoms with Crippen molar-refractivity contribution >= 4 is 22.9 Å². The Morgan fingerprint density at radius 3 is 2.41 bits per heavy atom. The van der Waals surface area contributed by atoms with Crippen molar-refractivity contribution in [1.29, 1.82) is 0 Å². The highest BCUT2D eigenvalue weighted by molar-refractivity contribution is 5.87. The topological polar surface area (TPSA) is 42.4 Å². The number of benzene rings is 2. The second kappa shape index (κ2) is 6.87. The number of aromatic nitrogens is 1. The zero-order valence-corrected chi connectivity index (χ0v) is 12.1. The second-order valence-corrected chi connectivity index (χ2v) is 4.95. The van der Waals surface area contributed by atoms with Crippen molar-refractivity contribution in [3.63, 3.8) is 0 Å². The van der Waals surface area contributed by atoms with Gasteiger partial charge in [-0.3, -0.25) is 4.98 Å². The van der Waals surface area contributed by atoms with Gasteiger partial charge in [-0.2, -0.15) is 0 Å². The van der Waals surface area contributed by atoms with Crippen molar-refractivity contribution < 1.29 is 9.84 Å². The SMILES string of the molecule is OCCOc1ccc2cc(/C=C/c3ccncc3)ccc2c1. The van der Waals surface area contributed by atoms with E-state index < -0.39 is 0 Å². The summed E-state index contributed by atoms with van der Waals surface area (Å²) < 4.78 is 5.43. The van der Waals surface area contributed by atoms with Crippen molar-refractivity contribution in [3.05, 3.63) is 72.1 Å². The summed E-state index contributed by atoms with van der Waals surface area (Å²) in [5.74, 6) is 0.779. The third-order valence-electron chi connectivity index (χ3n) is 3.37. The molecule has 1 N–H and O–H groups in total. The molecule has 0 bridgehead atoms. The summed E-state index contributed by atoms with van der Waals surface area (Å²) in [6.07, 6.45) is 7.73. The molecule has 110 valence electrons. The van der Waals surface area contributed by atoms with Gasteiger partial charge in [0.15, 0.2) is 0 Å². The zero-order chi connectivity index (χ0) is 15.2. The molecule has 0 aliphatic carbocycles. The Morgan fingerprint density at radius 2 is 1.59 bits per heavy atom. The van der Waals surface area contributed by atoms with Crippen LogP contribution in [0.15, 0.2) is 60.9 Å². The monoisotopic (exact) mass is 291 g/mol. The molecular weight excluding hydrogens is 274 g/mol. The molecule has 0 saturated heterocycles. The lowest BCUT2D eigenvalue weighted by Gasteiger charge is -2.06. The number of nitrogens with zero attached hydrogens (tertiary/aromatic N) is 1. The fraction of sp³-hybridized carbons (Fsp3) is 0.105. The number of hydrogen-bond acceptors (Lipinski definition) is 3. The molecule has 1 heterocycles. The van der Waals surface area contributed by atoms with E-state index in [4.69, 9.17) is 9.84 Å². The molecule has 3 nitrogen and oxygen atoms in total. The molecule has 0 atom stereocenters. The highest BCUT2D eigenvalue weighted by Crippen LogP contribution is 2.23. The van der Waals surface area contributed by atoms with Crippen LogP contribution in [0.25, 0.3) is 22.9 Å². The van der Waals surface area contributed by atoms with Gasteiger partial charge in [0.1, 0.15) is 12.4 Å². The van der Waals surface area contributed by atoms with Crippen LogP contribution in [-0.2, 0) is 0 Å². The van der Waals surface area contributed by atoms with Crippen LogP contribution >= 0.6 is 0 Å². The first-order valence-electron chi connectivity index (χ1n) is 7.21. The molecule has 0 aliphatic heterocycles. The minimum absolute atomic E-state index is 0.0246. The van der Waals surface area contributed by atoms with Crippen LogP contribution in [0.3, 0.4) is 0 Å². The van der Waals surface area contributed by atoms with Gasteiger partial charge in [0.2, 0.25) is 0 Å². The smallest absolute Gasteiger partial charge is 0.120 e. The van der Waals surface area contributed by atoms with Crippen molar-refractivity contribution in [2.75, 3.05) is 13.2 Å². The normalized spacial score (nSPS) is 11.1. The summed E-state index contributed by atoms with van der Waals surface area (Å²) in [5.41, 5.74) is 2.27. The second-order valence-electron chi connectivity index (χ2n) is 4.95. The maximum Gasteiger partial charge on any atom is 0.120 e. The molecule has 3 rings (SSSR count). The number of aliphatic hydroxyl groups excluding tert-OH is 1. The fourth-order valence-corrected chi connectivity index (χ4v) is 2.27. The van der Waals surface area contributed by atoms with Gasteiger partial charge >= 0.3 is 0 Å². The molecule has 3 aromatic rings. The predicted molar refractivity (Wildman–Crippen MR) is 89.7 cm³/mol. The number of pyridine rings is 1. The molecule has 0 amide bonds. The van der Waals surface area contributed by atoms with E-state index in [9.17, 15) is 0 Å². The first-order chi connectivity index (χ1) is 10.8. The summed E-state index contributed by atoms with van der Waals surface area (Å²) in [7, 11) is 0. The van der Waals surface area contributed by atoms with Gasteiger partial charge in [0.05, 0.1) is 6.61 Å². The summed E-state index contributed by atoms with van der Waals surface area (Å²) >= 11 is 0.